The molecule has 0 aromatic carbocycles. The summed E-state index contributed by atoms with van der Waals surface area (Å²) in [6.45, 7) is 10.6. The second-order valence-corrected chi connectivity index (χ2v) is 6.84. The van der Waals surface area contributed by atoms with Crippen molar-refractivity contribution in [3.05, 3.63) is 28.5 Å². The standard InChI is InChI=1S/C17H27ClN2O/c1-11(2)7-6-8-13(5)19-17(21)14-9-15(12(3)4)20-16(18)10-14/h9-13H,6-8H2,1-5H3,(H,19,21). The molecule has 1 unspecified atom stereocenters. The number of nitrogens with one attached hydrogen (secondary N) is 1. The van der Waals surface area contributed by atoms with E-state index >= 15 is 0 Å². The summed E-state index contributed by atoms with van der Waals surface area (Å²) >= 11 is 6.00. The van der Waals surface area contributed by atoms with Crippen LogP contribution in [0.15, 0.2) is 12.1 Å². The third-order valence-electron chi connectivity index (χ3n) is 3.46. The second kappa shape index (κ2) is 8.38. The zero-order valence-corrected chi connectivity index (χ0v) is 14.5. The van der Waals surface area contributed by atoms with E-state index < -0.39 is 0 Å². The van der Waals surface area contributed by atoms with Crippen LogP contribution in [0.2, 0.25) is 5.15 Å². The monoisotopic (exact) mass is 310 g/mol. The van der Waals surface area contributed by atoms with Crippen LogP contribution in [-0.2, 0) is 0 Å². The predicted octanol–water partition coefficient (Wildman–Crippen LogP) is 4.80. The summed E-state index contributed by atoms with van der Waals surface area (Å²) in [5, 5.41) is 3.41. The van der Waals surface area contributed by atoms with Gasteiger partial charge < -0.3 is 5.32 Å². The summed E-state index contributed by atoms with van der Waals surface area (Å²) in [6, 6.07) is 3.63. The minimum atomic E-state index is -0.0711. The number of nitrogens with zero attached hydrogens (tertiary/aromatic N) is 1. The molecule has 0 aliphatic carbocycles. The van der Waals surface area contributed by atoms with Gasteiger partial charge >= 0.3 is 0 Å². The first-order valence-electron chi connectivity index (χ1n) is 7.78. The van der Waals surface area contributed by atoms with Crippen LogP contribution in [0.5, 0.6) is 0 Å². The zero-order chi connectivity index (χ0) is 16.0. The van der Waals surface area contributed by atoms with Crippen molar-refractivity contribution in [1.29, 1.82) is 0 Å². The Kier molecular flexibility index (Phi) is 7.16. The molecular formula is C17H27ClN2O. The highest BCUT2D eigenvalue weighted by Crippen LogP contribution is 2.18. The van der Waals surface area contributed by atoms with Gasteiger partial charge in [-0.15, -0.1) is 0 Å². The van der Waals surface area contributed by atoms with Gasteiger partial charge in [0, 0.05) is 17.3 Å². The Balaban J connectivity index is 2.62. The van der Waals surface area contributed by atoms with Gasteiger partial charge in [0.25, 0.3) is 5.91 Å². The molecule has 1 rings (SSSR count). The van der Waals surface area contributed by atoms with Crippen LogP contribution in [0, 0.1) is 5.92 Å². The molecule has 4 heteroatoms. The molecule has 1 amide bonds. The Morgan fingerprint density at radius 3 is 2.43 bits per heavy atom. The summed E-state index contributed by atoms with van der Waals surface area (Å²) in [4.78, 5) is 16.5. The Hall–Kier alpha value is -1.09. The Morgan fingerprint density at radius 1 is 1.19 bits per heavy atom. The van der Waals surface area contributed by atoms with Crippen LogP contribution in [0.1, 0.15) is 75.9 Å². The lowest BCUT2D eigenvalue weighted by Crippen LogP contribution is -2.32. The SMILES string of the molecule is CC(C)CCCC(C)NC(=O)c1cc(Cl)nc(C(C)C)c1. The lowest BCUT2D eigenvalue weighted by atomic mass is 10.0. The third kappa shape index (κ3) is 6.47. The van der Waals surface area contributed by atoms with Crippen LogP contribution in [0.4, 0.5) is 0 Å². The van der Waals surface area contributed by atoms with Gasteiger partial charge in [-0.25, -0.2) is 4.98 Å². The fraction of sp³-hybridized carbons (Fsp3) is 0.647. The van der Waals surface area contributed by atoms with Crippen LogP contribution in [0.25, 0.3) is 0 Å². The first-order chi connectivity index (χ1) is 9.79. The number of hydrogen-bond acceptors (Lipinski definition) is 2. The molecule has 0 saturated carbocycles. The number of hydrogen-bond donors (Lipinski definition) is 1. The van der Waals surface area contributed by atoms with Crippen molar-refractivity contribution < 1.29 is 4.79 Å². The van der Waals surface area contributed by atoms with E-state index in [4.69, 9.17) is 11.6 Å². The number of pyridine rings is 1. The highest BCUT2D eigenvalue weighted by molar-refractivity contribution is 6.29. The minimum Gasteiger partial charge on any atom is -0.350 e. The Bertz CT molecular complexity index is 472. The van der Waals surface area contributed by atoms with Crippen LogP contribution >= 0.6 is 11.6 Å². The number of rotatable bonds is 7. The fourth-order valence-corrected chi connectivity index (χ4v) is 2.37. The van der Waals surface area contributed by atoms with E-state index in [1.54, 1.807) is 6.07 Å². The smallest absolute Gasteiger partial charge is 0.251 e. The van der Waals surface area contributed by atoms with E-state index in [0.717, 1.165) is 18.5 Å². The fourth-order valence-electron chi connectivity index (χ4n) is 2.16. The number of carbonyl (C=O) groups excluding carboxylic acids is 1. The number of amides is 1. The molecule has 1 heterocycles. The minimum absolute atomic E-state index is 0.0711. The van der Waals surface area contributed by atoms with Crippen molar-refractivity contribution in [2.75, 3.05) is 0 Å². The van der Waals surface area contributed by atoms with E-state index in [0.29, 0.717) is 16.6 Å². The lowest BCUT2D eigenvalue weighted by Gasteiger charge is -2.15. The molecule has 0 spiro atoms. The molecule has 1 aromatic rings. The normalized spacial score (nSPS) is 12.8. The quantitative estimate of drug-likeness (QED) is 0.735. The van der Waals surface area contributed by atoms with E-state index in [2.05, 4.69) is 24.1 Å². The highest BCUT2D eigenvalue weighted by Gasteiger charge is 2.13. The predicted molar refractivity (Wildman–Crippen MR) is 89.0 cm³/mol. The molecule has 0 saturated heterocycles. The van der Waals surface area contributed by atoms with Gasteiger partial charge in [0.15, 0.2) is 0 Å². The number of aromatic nitrogens is 1. The topological polar surface area (TPSA) is 42.0 Å². The van der Waals surface area contributed by atoms with Gasteiger partial charge in [-0.3, -0.25) is 4.79 Å². The maximum Gasteiger partial charge on any atom is 0.251 e. The van der Waals surface area contributed by atoms with Gasteiger partial charge in [0.1, 0.15) is 5.15 Å². The Labute approximate surface area is 133 Å². The molecule has 1 N–H and O–H groups in total. The average molecular weight is 311 g/mol. The molecule has 0 aliphatic heterocycles. The Morgan fingerprint density at radius 2 is 1.86 bits per heavy atom. The number of carbonyl (C=O) groups is 1. The second-order valence-electron chi connectivity index (χ2n) is 6.46. The van der Waals surface area contributed by atoms with Crippen molar-refractivity contribution >= 4 is 17.5 Å². The van der Waals surface area contributed by atoms with Crippen LogP contribution in [0.3, 0.4) is 0 Å². The molecule has 118 valence electrons. The summed E-state index contributed by atoms with van der Waals surface area (Å²) in [6.07, 6.45) is 3.33. The lowest BCUT2D eigenvalue weighted by molar-refractivity contribution is 0.0937. The van der Waals surface area contributed by atoms with Crippen molar-refractivity contribution in [1.82, 2.24) is 10.3 Å². The van der Waals surface area contributed by atoms with E-state index in [1.165, 1.54) is 6.42 Å². The van der Waals surface area contributed by atoms with Gasteiger partial charge in [-0.05, 0) is 37.3 Å². The van der Waals surface area contributed by atoms with Crippen molar-refractivity contribution in [2.24, 2.45) is 5.92 Å². The summed E-state index contributed by atoms with van der Waals surface area (Å²) in [5.41, 5.74) is 1.44. The van der Waals surface area contributed by atoms with Crippen molar-refractivity contribution in [3.8, 4) is 0 Å². The van der Waals surface area contributed by atoms with Gasteiger partial charge in [-0.1, -0.05) is 52.1 Å². The molecule has 0 radical (unpaired) electrons. The molecule has 3 nitrogen and oxygen atoms in total. The maximum absolute atomic E-state index is 12.3. The third-order valence-corrected chi connectivity index (χ3v) is 3.66. The highest BCUT2D eigenvalue weighted by atomic mass is 35.5. The van der Waals surface area contributed by atoms with Crippen LogP contribution < -0.4 is 5.32 Å². The summed E-state index contributed by atoms with van der Waals surface area (Å²) < 4.78 is 0. The average Bonchev–Trinajstić information content (AvgIpc) is 2.37. The van der Waals surface area contributed by atoms with Gasteiger partial charge in [0.2, 0.25) is 0 Å². The van der Waals surface area contributed by atoms with E-state index in [1.807, 2.05) is 26.8 Å². The molecule has 0 fully saturated rings. The number of halogens is 1. The largest absolute Gasteiger partial charge is 0.350 e. The first kappa shape index (κ1) is 18.0. The van der Waals surface area contributed by atoms with Crippen LogP contribution in [-0.4, -0.2) is 16.9 Å². The van der Waals surface area contributed by atoms with E-state index in [9.17, 15) is 4.79 Å². The molecule has 0 bridgehead atoms. The molecule has 1 aromatic heterocycles. The van der Waals surface area contributed by atoms with Gasteiger partial charge in [-0.2, -0.15) is 0 Å². The summed E-state index contributed by atoms with van der Waals surface area (Å²) in [5.74, 6) is 0.887. The van der Waals surface area contributed by atoms with E-state index in [-0.39, 0.29) is 17.9 Å². The van der Waals surface area contributed by atoms with Crippen molar-refractivity contribution in [3.63, 3.8) is 0 Å². The maximum atomic E-state index is 12.3. The van der Waals surface area contributed by atoms with Gasteiger partial charge in [0.05, 0.1) is 0 Å². The zero-order valence-electron chi connectivity index (χ0n) is 13.7. The molecule has 0 aliphatic rings. The molecule has 1 atom stereocenters. The summed E-state index contributed by atoms with van der Waals surface area (Å²) in [7, 11) is 0. The first-order valence-corrected chi connectivity index (χ1v) is 8.15. The molecule has 21 heavy (non-hydrogen) atoms. The van der Waals surface area contributed by atoms with Crippen molar-refractivity contribution in [2.45, 2.75) is 65.8 Å². The molecular weight excluding hydrogens is 284 g/mol.